The van der Waals surface area contributed by atoms with Gasteiger partial charge in [0.1, 0.15) is 12.1 Å². The van der Waals surface area contributed by atoms with Crippen LogP contribution in [0.3, 0.4) is 0 Å². The van der Waals surface area contributed by atoms with E-state index in [1.165, 1.54) is 4.90 Å². The number of carbonyl (C=O) groups excluding carboxylic acids is 3. The summed E-state index contributed by atoms with van der Waals surface area (Å²) >= 11 is 0. The molecule has 2 aliphatic heterocycles. The van der Waals surface area contributed by atoms with Gasteiger partial charge in [-0.3, -0.25) is 24.7 Å². The Labute approximate surface area is 174 Å². The molecule has 152 valence electrons. The molecule has 30 heavy (non-hydrogen) atoms. The predicted molar refractivity (Wildman–Crippen MR) is 109 cm³/mol. The van der Waals surface area contributed by atoms with Crippen molar-refractivity contribution in [3.05, 3.63) is 52.7 Å². The third-order valence-electron chi connectivity index (χ3n) is 5.49. The Morgan fingerprint density at radius 2 is 2.03 bits per heavy atom. The highest BCUT2D eigenvalue weighted by molar-refractivity contribution is 6.05. The minimum Gasteiger partial charge on any atom is -0.322 e. The van der Waals surface area contributed by atoms with Gasteiger partial charge >= 0.3 is 0 Å². The Kier molecular flexibility index (Phi) is 5.08. The zero-order valence-electron chi connectivity index (χ0n) is 16.9. The summed E-state index contributed by atoms with van der Waals surface area (Å²) in [6.45, 7) is 4.52. The molecule has 2 aliphatic rings. The number of piperidine rings is 1. The van der Waals surface area contributed by atoms with Crippen molar-refractivity contribution < 1.29 is 14.4 Å². The number of nitrogens with zero attached hydrogens (tertiary/aromatic N) is 3. The molecule has 0 bridgehead atoms. The van der Waals surface area contributed by atoms with Crippen LogP contribution in [-0.4, -0.2) is 33.6 Å². The zero-order chi connectivity index (χ0) is 21.4. The predicted octanol–water partition coefficient (Wildman–Crippen LogP) is 2.58. The van der Waals surface area contributed by atoms with E-state index in [9.17, 15) is 19.6 Å². The third kappa shape index (κ3) is 3.57. The highest BCUT2D eigenvalue weighted by Gasteiger charge is 2.39. The smallest absolute Gasteiger partial charge is 0.255 e. The molecule has 0 radical (unpaired) electrons. The lowest BCUT2D eigenvalue weighted by atomic mass is 9.99. The highest BCUT2D eigenvalue weighted by atomic mass is 16.2. The minimum atomic E-state index is -0.645. The van der Waals surface area contributed by atoms with Gasteiger partial charge in [-0.2, -0.15) is 5.26 Å². The maximum Gasteiger partial charge on any atom is 0.255 e. The second kappa shape index (κ2) is 7.71. The van der Waals surface area contributed by atoms with Crippen LogP contribution < -0.4 is 5.32 Å². The number of pyridine rings is 1. The Hall–Kier alpha value is -3.53. The standard InChI is InChI=1S/C23H22N4O3/c1-13(2)9-17-5-3-15(11-24)21(25-17)14-4-6-18-16(10-14)12-27(23(18)30)19-7-8-20(28)26-22(19)29/h3-6,10,13,19H,7-9,12H2,1-2H3,(H,26,28,29). The maximum atomic E-state index is 12.9. The molecule has 3 amide bonds. The number of amides is 3. The van der Waals surface area contributed by atoms with Crippen molar-refractivity contribution in [3.8, 4) is 17.3 Å². The molecule has 4 rings (SSSR count). The first-order valence-corrected chi connectivity index (χ1v) is 10.1. The van der Waals surface area contributed by atoms with Crippen LogP contribution in [0.15, 0.2) is 30.3 Å². The van der Waals surface area contributed by atoms with Crippen molar-refractivity contribution in [2.45, 2.75) is 45.7 Å². The van der Waals surface area contributed by atoms with Gasteiger partial charge in [-0.25, -0.2) is 0 Å². The fourth-order valence-corrected chi connectivity index (χ4v) is 4.06. The fraction of sp³-hybridized carbons (Fsp3) is 0.348. The molecule has 1 N–H and O–H groups in total. The average molecular weight is 402 g/mol. The van der Waals surface area contributed by atoms with Gasteiger partial charge in [0.15, 0.2) is 0 Å². The summed E-state index contributed by atoms with van der Waals surface area (Å²) in [7, 11) is 0. The van der Waals surface area contributed by atoms with E-state index in [0.29, 0.717) is 35.7 Å². The van der Waals surface area contributed by atoms with E-state index >= 15 is 0 Å². The second-order valence-electron chi connectivity index (χ2n) is 8.18. The molecule has 1 atom stereocenters. The third-order valence-corrected chi connectivity index (χ3v) is 5.49. The van der Waals surface area contributed by atoms with Crippen molar-refractivity contribution in [3.63, 3.8) is 0 Å². The quantitative estimate of drug-likeness (QED) is 0.792. The summed E-state index contributed by atoms with van der Waals surface area (Å²) in [5, 5.41) is 11.8. The van der Waals surface area contributed by atoms with Crippen LogP contribution in [0.4, 0.5) is 0 Å². The first kappa shape index (κ1) is 19.8. The number of aromatic nitrogens is 1. The number of benzene rings is 1. The summed E-state index contributed by atoms with van der Waals surface area (Å²) in [5.41, 5.74) is 4.11. The van der Waals surface area contributed by atoms with Crippen molar-refractivity contribution in [1.82, 2.24) is 15.2 Å². The molecule has 2 aromatic rings. The molecule has 1 saturated heterocycles. The van der Waals surface area contributed by atoms with Gasteiger partial charge in [-0.05, 0) is 48.6 Å². The number of rotatable bonds is 4. The van der Waals surface area contributed by atoms with Gasteiger partial charge in [0.05, 0.1) is 11.3 Å². The van der Waals surface area contributed by atoms with E-state index in [0.717, 1.165) is 23.2 Å². The number of hydrogen-bond donors (Lipinski definition) is 1. The molecular formula is C23H22N4O3. The van der Waals surface area contributed by atoms with Crippen LogP contribution in [0.25, 0.3) is 11.3 Å². The average Bonchev–Trinajstić information content (AvgIpc) is 3.03. The molecule has 7 nitrogen and oxygen atoms in total. The first-order valence-electron chi connectivity index (χ1n) is 10.1. The lowest BCUT2D eigenvalue weighted by Gasteiger charge is -2.29. The zero-order valence-corrected chi connectivity index (χ0v) is 16.9. The summed E-state index contributed by atoms with van der Waals surface area (Å²) < 4.78 is 0. The lowest BCUT2D eigenvalue weighted by molar-refractivity contribution is -0.136. The molecular weight excluding hydrogens is 380 g/mol. The molecule has 1 aromatic carbocycles. The Bertz CT molecular complexity index is 1100. The van der Waals surface area contributed by atoms with Crippen LogP contribution >= 0.6 is 0 Å². The minimum absolute atomic E-state index is 0.215. The number of imide groups is 1. The van der Waals surface area contributed by atoms with Gasteiger partial charge < -0.3 is 4.90 Å². The molecule has 3 heterocycles. The molecule has 1 unspecified atom stereocenters. The number of hydrogen-bond acceptors (Lipinski definition) is 5. The SMILES string of the molecule is CC(C)Cc1ccc(C#N)c(-c2ccc3c(c2)CN(C2CCC(=O)NC2=O)C3=O)n1. The number of carbonyl (C=O) groups is 3. The Morgan fingerprint density at radius 1 is 1.23 bits per heavy atom. The van der Waals surface area contributed by atoms with E-state index in [2.05, 4.69) is 25.2 Å². The summed E-state index contributed by atoms with van der Waals surface area (Å²) in [4.78, 5) is 42.7. The first-order chi connectivity index (χ1) is 14.4. The molecule has 0 saturated carbocycles. The van der Waals surface area contributed by atoms with Crippen LogP contribution in [-0.2, 0) is 22.6 Å². The fourth-order valence-electron chi connectivity index (χ4n) is 4.06. The van der Waals surface area contributed by atoms with Crippen LogP contribution in [0.2, 0.25) is 0 Å². The summed E-state index contributed by atoms with van der Waals surface area (Å²) in [6.07, 6.45) is 1.36. The topological polar surface area (TPSA) is 103 Å². The van der Waals surface area contributed by atoms with Gasteiger partial charge in [-0.15, -0.1) is 0 Å². The lowest BCUT2D eigenvalue weighted by Crippen LogP contribution is -2.52. The van der Waals surface area contributed by atoms with Crippen LogP contribution in [0.5, 0.6) is 0 Å². The van der Waals surface area contributed by atoms with Gasteiger partial charge in [0, 0.05) is 29.8 Å². The number of fused-ring (bicyclic) bond motifs is 1. The van der Waals surface area contributed by atoms with Crippen LogP contribution in [0, 0.1) is 17.2 Å². The normalized spacial score (nSPS) is 18.4. The van der Waals surface area contributed by atoms with Crippen LogP contribution in [0.1, 0.15) is 53.9 Å². The van der Waals surface area contributed by atoms with Crippen molar-refractivity contribution in [1.29, 1.82) is 5.26 Å². The monoisotopic (exact) mass is 402 g/mol. The van der Waals surface area contributed by atoms with E-state index in [1.807, 2.05) is 12.1 Å². The van der Waals surface area contributed by atoms with Crippen molar-refractivity contribution >= 4 is 17.7 Å². The van der Waals surface area contributed by atoms with E-state index < -0.39 is 11.9 Å². The van der Waals surface area contributed by atoms with E-state index in [1.54, 1.807) is 18.2 Å². The Morgan fingerprint density at radius 3 is 2.73 bits per heavy atom. The van der Waals surface area contributed by atoms with Crippen molar-refractivity contribution in [2.75, 3.05) is 0 Å². The van der Waals surface area contributed by atoms with E-state index in [-0.39, 0.29) is 18.2 Å². The summed E-state index contributed by atoms with van der Waals surface area (Å²) in [5.74, 6) is -0.507. The largest absolute Gasteiger partial charge is 0.322 e. The van der Waals surface area contributed by atoms with Gasteiger partial charge in [-0.1, -0.05) is 19.9 Å². The Balaban J connectivity index is 1.66. The molecule has 7 heteroatoms. The molecule has 0 spiro atoms. The molecule has 0 aliphatic carbocycles. The summed E-state index contributed by atoms with van der Waals surface area (Å²) in [6, 6.07) is 10.6. The van der Waals surface area contributed by atoms with Crippen molar-refractivity contribution in [2.24, 2.45) is 5.92 Å². The molecule has 1 fully saturated rings. The molecule has 1 aromatic heterocycles. The van der Waals surface area contributed by atoms with Gasteiger partial charge in [0.2, 0.25) is 11.8 Å². The van der Waals surface area contributed by atoms with Gasteiger partial charge in [0.25, 0.3) is 5.91 Å². The maximum absolute atomic E-state index is 12.9. The second-order valence-corrected chi connectivity index (χ2v) is 8.18. The van der Waals surface area contributed by atoms with E-state index in [4.69, 9.17) is 4.98 Å². The number of nitriles is 1. The highest BCUT2D eigenvalue weighted by Crippen LogP contribution is 2.32. The number of nitrogens with one attached hydrogen (secondary N) is 1.